The van der Waals surface area contributed by atoms with Crippen molar-refractivity contribution in [3.63, 3.8) is 0 Å². The van der Waals surface area contributed by atoms with Gasteiger partial charge >= 0.3 is 11.8 Å². The molecular weight excluding hydrogens is 441 g/mol. The molecule has 3 aromatic carbocycles. The molecule has 8 nitrogen and oxygen atoms in total. The topological polar surface area (TPSA) is 88.7 Å². The third-order valence-electron chi connectivity index (χ3n) is 5.39. The zero-order chi connectivity index (χ0) is 23.5. The highest BCUT2D eigenvalue weighted by molar-refractivity contribution is 5.64. The first-order chi connectivity index (χ1) is 16.5. The number of imidazole rings is 1. The van der Waals surface area contributed by atoms with Crippen LogP contribution in [0.25, 0.3) is 11.1 Å². The standard InChI is InChI=1S/C25H20FN3O5/c26-20-7-11-22(12-8-20)34-21-9-5-19(6-10-21)18-3-1-17(2-4-18)15-32-23-13-28-14-24(29(30)31)27-25(28)33-16-23/h1-12,14,23H,13,15-16H2/t23-/m0/s1. The molecular formula is C25H20FN3O5. The second kappa shape index (κ2) is 9.32. The van der Waals surface area contributed by atoms with Crippen molar-refractivity contribution in [1.82, 2.24) is 9.55 Å². The molecule has 0 bridgehead atoms. The Morgan fingerprint density at radius 3 is 2.26 bits per heavy atom. The van der Waals surface area contributed by atoms with Crippen molar-refractivity contribution in [2.45, 2.75) is 19.3 Å². The number of hydrogen-bond acceptors (Lipinski definition) is 6. The maximum Gasteiger partial charge on any atom is 0.414 e. The number of nitrogens with zero attached hydrogens (tertiary/aromatic N) is 3. The number of ether oxygens (including phenoxy) is 3. The summed E-state index contributed by atoms with van der Waals surface area (Å²) in [6.07, 6.45) is 1.13. The lowest BCUT2D eigenvalue weighted by Crippen LogP contribution is -2.32. The highest BCUT2D eigenvalue weighted by Gasteiger charge is 2.28. The smallest absolute Gasteiger partial charge is 0.414 e. The van der Waals surface area contributed by atoms with Gasteiger partial charge in [-0.2, -0.15) is 0 Å². The largest absolute Gasteiger partial charge is 0.457 e. The lowest BCUT2D eigenvalue weighted by molar-refractivity contribution is -0.389. The van der Waals surface area contributed by atoms with Crippen LogP contribution in [-0.4, -0.2) is 27.2 Å². The van der Waals surface area contributed by atoms with Crippen LogP contribution < -0.4 is 9.47 Å². The van der Waals surface area contributed by atoms with Crippen molar-refractivity contribution in [3.8, 4) is 28.6 Å². The fourth-order valence-corrected chi connectivity index (χ4v) is 3.62. The van der Waals surface area contributed by atoms with Crippen LogP contribution in [0.5, 0.6) is 17.5 Å². The highest BCUT2D eigenvalue weighted by atomic mass is 19.1. The summed E-state index contributed by atoms with van der Waals surface area (Å²) in [4.78, 5) is 14.2. The van der Waals surface area contributed by atoms with Gasteiger partial charge in [0.05, 0.1) is 13.2 Å². The summed E-state index contributed by atoms with van der Waals surface area (Å²) in [6.45, 7) is 1.13. The van der Waals surface area contributed by atoms with E-state index in [0.29, 0.717) is 31.3 Å². The Labute approximate surface area is 194 Å². The second-order valence-electron chi connectivity index (χ2n) is 7.81. The van der Waals surface area contributed by atoms with Crippen LogP contribution in [0.1, 0.15) is 5.56 Å². The van der Waals surface area contributed by atoms with Crippen LogP contribution >= 0.6 is 0 Å². The third-order valence-corrected chi connectivity index (χ3v) is 5.39. The minimum atomic E-state index is -0.543. The summed E-state index contributed by atoms with van der Waals surface area (Å²) in [7, 11) is 0. The maximum absolute atomic E-state index is 13.0. The van der Waals surface area contributed by atoms with Crippen LogP contribution in [-0.2, 0) is 17.9 Å². The van der Waals surface area contributed by atoms with Crippen molar-refractivity contribution in [1.29, 1.82) is 0 Å². The molecule has 1 aliphatic heterocycles. The second-order valence-corrected chi connectivity index (χ2v) is 7.81. The summed E-state index contributed by atoms with van der Waals surface area (Å²) in [5.74, 6) is 0.703. The van der Waals surface area contributed by atoms with Crippen LogP contribution in [0.15, 0.2) is 79.0 Å². The molecule has 1 aromatic heterocycles. The Balaban J connectivity index is 1.16. The molecule has 0 N–H and O–H groups in total. The molecule has 0 spiro atoms. The number of nitro groups is 1. The Bertz CT molecular complexity index is 1290. The Hall–Kier alpha value is -4.24. The average Bonchev–Trinajstić information content (AvgIpc) is 3.29. The zero-order valence-corrected chi connectivity index (χ0v) is 18.0. The first-order valence-electron chi connectivity index (χ1n) is 10.6. The lowest BCUT2D eigenvalue weighted by atomic mass is 10.0. The van der Waals surface area contributed by atoms with Gasteiger partial charge in [-0.3, -0.25) is 4.57 Å². The number of aromatic nitrogens is 2. The zero-order valence-electron chi connectivity index (χ0n) is 18.0. The molecule has 34 heavy (non-hydrogen) atoms. The van der Waals surface area contributed by atoms with Crippen molar-refractivity contribution >= 4 is 5.82 Å². The van der Waals surface area contributed by atoms with Crippen molar-refractivity contribution in [2.24, 2.45) is 0 Å². The van der Waals surface area contributed by atoms with E-state index >= 15 is 0 Å². The molecule has 0 unspecified atom stereocenters. The molecule has 0 fully saturated rings. The van der Waals surface area contributed by atoms with Gasteiger partial charge in [0.2, 0.25) is 0 Å². The van der Waals surface area contributed by atoms with Gasteiger partial charge in [0.15, 0.2) is 0 Å². The molecule has 1 atom stereocenters. The van der Waals surface area contributed by atoms with Crippen LogP contribution in [0.4, 0.5) is 10.2 Å². The molecule has 1 aliphatic rings. The van der Waals surface area contributed by atoms with Crippen LogP contribution in [0, 0.1) is 15.9 Å². The number of fused-ring (bicyclic) bond motifs is 1. The number of benzene rings is 3. The summed E-state index contributed by atoms with van der Waals surface area (Å²) in [5.41, 5.74) is 3.09. The first-order valence-corrected chi connectivity index (χ1v) is 10.6. The SMILES string of the molecule is O=[N+]([O-])c1cn2c(n1)OC[C@@H](OCc1ccc(-c3ccc(Oc4ccc(F)cc4)cc3)cc1)C2. The lowest BCUT2D eigenvalue weighted by Gasteiger charge is -2.22. The quantitative estimate of drug-likeness (QED) is 0.272. The molecule has 0 radical (unpaired) electrons. The third kappa shape index (κ3) is 4.89. The average molecular weight is 461 g/mol. The van der Waals surface area contributed by atoms with Crippen molar-refractivity contribution in [2.75, 3.05) is 6.61 Å². The van der Waals surface area contributed by atoms with Gasteiger partial charge in [0.1, 0.15) is 36.2 Å². The van der Waals surface area contributed by atoms with Gasteiger partial charge in [0, 0.05) is 4.98 Å². The highest BCUT2D eigenvalue weighted by Crippen LogP contribution is 2.27. The minimum Gasteiger partial charge on any atom is -0.457 e. The Morgan fingerprint density at radius 1 is 1.00 bits per heavy atom. The molecule has 9 heteroatoms. The predicted molar refractivity (Wildman–Crippen MR) is 121 cm³/mol. The van der Waals surface area contributed by atoms with E-state index in [1.165, 1.54) is 18.3 Å². The predicted octanol–water partition coefficient (Wildman–Crippen LogP) is 5.37. The normalized spacial score (nSPS) is 14.8. The molecule has 2 heterocycles. The van der Waals surface area contributed by atoms with Crippen molar-refractivity contribution < 1.29 is 23.5 Å². The fraction of sp³-hybridized carbons (Fsp3) is 0.160. The molecule has 0 saturated heterocycles. The van der Waals surface area contributed by atoms with E-state index in [2.05, 4.69) is 4.98 Å². The number of halogens is 1. The molecule has 0 saturated carbocycles. The van der Waals surface area contributed by atoms with E-state index in [9.17, 15) is 14.5 Å². The van der Waals surface area contributed by atoms with E-state index in [0.717, 1.165) is 16.7 Å². The van der Waals surface area contributed by atoms with E-state index in [1.807, 2.05) is 48.5 Å². The maximum atomic E-state index is 13.0. The van der Waals surface area contributed by atoms with E-state index < -0.39 is 4.92 Å². The van der Waals surface area contributed by atoms with E-state index in [4.69, 9.17) is 14.2 Å². The van der Waals surface area contributed by atoms with Gasteiger partial charge in [-0.05, 0) is 58.0 Å². The summed E-state index contributed by atoms with van der Waals surface area (Å²) in [5, 5.41) is 10.9. The molecule has 5 rings (SSSR count). The van der Waals surface area contributed by atoms with Crippen LogP contribution in [0.2, 0.25) is 0 Å². The summed E-state index contributed by atoms with van der Waals surface area (Å²) < 4.78 is 31.8. The van der Waals surface area contributed by atoms with Gasteiger partial charge in [-0.1, -0.05) is 36.4 Å². The van der Waals surface area contributed by atoms with Crippen LogP contribution in [0.3, 0.4) is 0 Å². The Morgan fingerprint density at radius 2 is 1.62 bits per heavy atom. The van der Waals surface area contributed by atoms with Gasteiger partial charge in [-0.25, -0.2) is 4.39 Å². The van der Waals surface area contributed by atoms with Gasteiger partial charge in [-0.15, -0.1) is 0 Å². The van der Waals surface area contributed by atoms with E-state index in [1.54, 1.807) is 16.7 Å². The number of hydrogen-bond donors (Lipinski definition) is 0. The number of rotatable bonds is 7. The summed E-state index contributed by atoms with van der Waals surface area (Å²) in [6, 6.07) is 21.8. The van der Waals surface area contributed by atoms with E-state index in [-0.39, 0.29) is 23.7 Å². The van der Waals surface area contributed by atoms with Crippen molar-refractivity contribution in [3.05, 3.63) is 100 Å². The summed E-state index contributed by atoms with van der Waals surface area (Å²) >= 11 is 0. The van der Waals surface area contributed by atoms with Gasteiger partial charge < -0.3 is 24.3 Å². The Kier molecular flexibility index (Phi) is 5.92. The fourth-order valence-electron chi connectivity index (χ4n) is 3.62. The first kappa shape index (κ1) is 21.6. The molecule has 172 valence electrons. The molecule has 0 amide bonds. The monoisotopic (exact) mass is 461 g/mol. The van der Waals surface area contributed by atoms with Gasteiger partial charge in [0.25, 0.3) is 0 Å². The molecule has 0 aliphatic carbocycles. The minimum absolute atomic E-state index is 0.227. The molecule has 4 aromatic rings.